The summed E-state index contributed by atoms with van der Waals surface area (Å²) in [7, 11) is 1.40. The third-order valence-electron chi connectivity index (χ3n) is 3.58. The van der Waals surface area contributed by atoms with Crippen LogP contribution in [0.4, 0.5) is 0 Å². The van der Waals surface area contributed by atoms with Crippen molar-refractivity contribution >= 4 is 11.9 Å². The van der Waals surface area contributed by atoms with Crippen molar-refractivity contribution in [3.8, 4) is 17.2 Å². The maximum Gasteiger partial charge on any atom is 0.201 e. The molecular formula is C19H20O4. The van der Waals surface area contributed by atoms with E-state index in [1.807, 2.05) is 19.9 Å². The van der Waals surface area contributed by atoms with Crippen molar-refractivity contribution in [2.75, 3.05) is 7.11 Å². The van der Waals surface area contributed by atoms with Gasteiger partial charge in [0.25, 0.3) is 0 Å². The Kier molecular flexibility index (Phi) is 5.06. The first-order chi connectivity index (χ1) is 11.0. The molecule has 120 valence electrons. The second kappa shape index (κ2) is 7.01. The SMILES string of the molecule is COc1c(C=CC(=O)c2ccccc2)cc(C(C)C)c(O)c1O. The molecule has 0 saturated carbocycles. The van der Waals surface area contributed by atoms with Crippen molar-refractivity contribution in [2.45, 2.75) is 19.8 Å². The highest BCUT2D eigenvalue weighted by molar-refractivity contribution is 6.07. The lowest BCUT2D eigenvalue weighted by Gasteiger charge is -2.15. The first-order valence-corrected chi connectivity index (χ1v) is 7.36. The summed E-state index contributed by atoms with van der Waals surface area (Å²) >= 11 is 0. The fourth-order valence-electron chi connectivity index (χ4n) is 2.32. The second-order valence-corrected chi connectivity index (χ2v) is 5.50. The Labute approximate surface area is 135 Å². The van der Waals surface area contributed by atoms with Crippen molar-refractivity contribution in [2.24, 2.45) is 0 Å². The molecule has 23 heavy (non-hydrogen) atoms. The van der Waals surface area contributed by atoms with E-state index in [0.29, 0.717) is 16.7 Å². The highest BCUT2D eigenvalue weighted by Gasteiger charge is 2.18. The van der Waals surface area contributed by atoms with Crippen LogP contribution in [0.1, 0.15) is 41.3 Å². The molecule has 0 radical (unpaired) electrons. The van der Waals surface area contributed by atoms with Crippen LogP contribution in [-0.2, 0) is 0 Å². The molecule has 2 rings (SSSR count). The predicted octanol–water partition coefficient (Wildman–Crippen LogP) is 4.13. The normalized spacial score (nSPS) is 11.1. The number of carbonyl (C=O) groups is 1. The first-order valence-electron chi connectivity index (χ1n) is 7.36. The fraction of sp³-hybridized carbons (Fsp3) is 0.211. The summed E-state index contributed by atoms with van der Waals surface area (Å²) in [5, 5.41) is 20.1. The number of benzene rings is 2. The molecule has 0 amide bonds. The largest absolute Gasteiger partial charge is 0.504 e. The summed E-state index contributed by atoms with van der Waals surface area (Å²) < 4.78 is 5.16. The van der Waals surface area contributed by atoms with Crippen molar-refractivity contribution in [1.29, 1.82) is 0 Å². The Morgan fingerprint density at radius 2 is 1.78 bits per heavy atom. The summed E-state index contributed by atoms with van der Waals surface area (Å²) in [6.07, 6.45) is 3.01. The molecule has 0 aliphatic heterocycles. The zero-order valence-corrected chi connectivity index (χ0v) is 13.4. The van der Waals surface area contributed by atoms with Gasteiger partial charge in [-0.25, -0.2) is 0 Å². The maximum atomic E-state index is 12.1. The molecule has 0 aliphatic carbocycles. The molecule has 4 nitrogen and oxygen atoms in total. The van der Waals surface area contributed by atoms with Gasteiger partial charge in [0.1, 0.15) is 0 Å². The summed E-state index contributed by atoms with van der Waals surface area (Å²) in [6, 6.07) is 10.6. The van der Waals surface area contributed by atoms with E-state index < -0.39 is 0 Å². The maximum absolute atomic E-state index is 12.1. The van der Waals surface area contributed by atoms with E-state index in [1.54, 1.807) is 36.4 Å². The number of allylic oxidation sites excluding steroid dienone is 1. The summed E-state index contributed by atoms with van der Waals surface area (Å²) in [6.45, 7) is 3.81. The Bertz CT molecular complexity index is 731. The van der Waals surface area contributed by atoms with Crippen LogP contribution in [0.2, 0.25) is 0 Å². The Balaban J connectivity index is 2.42. The van der Waals surface area contributed by atoms with Gasteiger partial charge in [0.05, 0.1) is 7.11 Å². The van der Waals surface area contributed by atoms with Crippen molar-refractivity contribution in [1.82, 2.24) is 0 Å². The summed E-state index contributed by atoms with van der Waals surface area (Å²) in [4.78, 5) is 12.1. The lowest BCUT2D eigenvalue weighted by molar-refractivity contribution is 0.104. The molecule has 0 heterocycles. The van der Waals surface area contributed by atoms with Crippen LogP contribution in [0.25, 0.3) is 6.08 Å². The molecule has 0 saturated heterocycles. The zero-order chi connectivity index (χ0) is 17.0. The molecule has 0 aliphatic rings. The van der Waals surface area contributed by atoms with E-state index in [1.165, 1.54) is 13.2 Å². The predicted molar refractivity (Wildman–Crippen MR) is 90.2 cm³/mol. The van der Waals surface area contributed by atoms with E-state index in [2.05, 4.69) is 0 Å². The van der Waals surface area contributed by atoms with Gasteiger partial charge >= 0.3 is 0 Å². The van der Waals surface area contributed by atoms with Crippen molar-refractivity contribution < 1.29 is 19.7 Å². The van der Waals surface area contributed by atoms with Crippen LogP contribution in [0.15, 0.2) is 42.5 Å². The average molecular weight is 312 g/mol. The lowest BCUT2D eigenvalue weighted by atomic mass is 9.97. The first kappa shape index (κ1) is 16.6. The smallest absolute Gasteiger partial charge is 0.201 e. The number of methoxy groups -OCH3 is 1. The average Bonchev–Trinajstić information content (AvgIpc) is 2.56. The second-order valence-electron chi connectivity index (χ2n) is 5.50. The number of aromatic hydroxyl groups is 2. The van der Waals surface area contributed by atoms with Crippen LogP contribution in [0.3, 0.4) is 0 Å². The minimum Gasteiger partial charge on any atom is -0.504 e. The van der Waals surface area contributed by atoms with Crippen LogP contribution in [-0.4, -0.2) is 23.1 Å². The molecule has 2 N–H and O–H groups in total. The van der Waals surface area contributed by atoms with E-state index in [4.69, 9.17) is 4.74 Å². The number of phenolic OH excluding ortho intramolecular Hbond substituents is 2. The molecule has 2 aromatic rings. The van der Waals surface area contributed by atoms with E-state index in [0.717, 1.165) is 0 Å². The third kappa shape index (κ3) is 3.54. The van der Waals surface area contributed by atoms with Gasteiger partial charge in [0, 0.05) is 16.7 Å². The molecular weight excluding hydrogens is 292 g/mol. The molecule has 0 atom stereocenters. The number of hydrogen-bond acceptors (Lipinski definition) is 4. The van der Waals surface area contributed by atoms with Gasteiger partial charge in [0.2, 0.25) is 5.75 Å². The fourth-order valence-corrected chi connectivity index (χ4v) is 2.32. The van der Waals surface area contributed by atoms with Gasteiger partial charge in [-0.05, 0) is 24.1 Å². The minimum atomic E-state index is -0.314. The molecule has 0 bridgehead atoms. The van der Waals surface area contributed by atoms with Gasteiger partial charge in [-0.3, -0.25) is 4.79 Å². The van der Waals surface area contributed by atoms with Gasteiger partial charge in [0.15, 0.2) is 17.3 Å². The highest BCUT2D eigenvalue weighted by atomic mass is 16.5. The van der Waals surface area contributed by atoms with E-state index >= 15 is 0 Å². The molecule has 0 unspecified atom stereocenters. The quantitative estimate of drug-likeness (QED) is 0.495. The number of carbonyl (C=O) groups excluding carboxylic acids is 1. The number of hydrogen-bond donors (Lipinski definition) is 2. The van der Waals surface area contributed by atoms with Crippen molar-refractivity contribution in [3.05, 3.63) is 59.2 Å². The Hall–Kier alpha value is -2.75. The topological polar surface area (TPSA) is 66.8 Å². The summed E-state index contributed by atoms with van der Waals surface area (Å²) in [5.41, 5.74) is 1.71. The van der Waals surface area contributed by atoms with Gasteiger partial charge in [-0.2, -0.15) is 0 Å². The minimum absolute atomic E-state index is 0.0174. The van der Waals surface area contributed by atoms with Crippen molar-refractivity contribution in [3.63, 3.8) is 0 Å². The number of rotatable bonds is 5. The third-order valence-corrected chi connectivity index (χ3v) is 3.58. The Morgan fingerprint density at radius 1 is 1.13 bits per heavy atom. The lowest BCUT2D eigenvalue weighted by Crippen LogP contribution is -1.96. The van der Waals surface area contributed by atoms with E-state index in [-0.39, 0.29) is 28.9 Å². The molecule has 4 heteroatoms. The number of ketones is 1. The monoisotopic (exact) mass is 312 g/mol. The molecule has 0 spiro atoms. The van der Waals surface area contributed by atoms with Crippen LogP contribution >= 0.6 is 0 Å². The van der Waals surface area contributed by atoms with Crippen LogP contribution < -0.4 is 4.74 Å². The van der Waals surface area contributed by atoms with Gasteiger partial charge < -0.3 is 14.9 Å². The molecule has 0 fully saturated rings. The van der Waals surface area contributed by atoms with E-state index in [9.17, 15) is 15.0 Å². The van der Waals surface area contributed by atoms with Gasteiger partial charge in [-0.1, -0.05) is 44.2 Å². The Morgan fingerprint density at radius 3 is 2.35 bits per heavy atom. The number of phenols is 2. The molecule has 2 aromatic carbocycles. The zero-order valence-electron chi connectivity index (χ0n) is 13.4. The van der Waals surface area contributed by atoms with Crippen LogP contribution in [0.5, 0.6) is 17.2 Å². The summed E-state index contributed by atoms with van der Waals surface area (Å²) in [5.74, 6) is -0.493. The number of ether oxygens (including phenoxy) is 1. The standard InChI is InChI=1S/C19H20O4/c1-12(2)15-11-14(19(23-3)18(22)17(15)21)9-10-16(20)13-7-5-4-6-8-13/h4-12,21-22H,1-3H3. The van der Waals surface area contributed by atoms with Gasteiger partial charge in [-0.15, -0.1) is 0 Å². The highest BCUT2D eigenvalue weighted by Crippen LogP contribution is 2.44. The van der Waals surface area contributed by atoms with Crippen LogP contribution in [0, 0.1) is 0 Å². The molecule has 0 aromatic heterocycles.